The van der Waals surface area contributed by atoms with Gasteiger partial charge in [0.05, 0.1) is 6.42 Å². The Morgan fingerprint density at radius 2 is 2.00 bits per heavy atom. The molecule has 0 heterocycles. The van der Waals surface area contributed by atoms with Gasteiger partial charge in [0.25, 0.3) is 0 Å². The normalized spacial score (nSPS) is 16.4. The van der Waals surface area contributed by atoms with E-state index in [2.05, 4.69) is 5.32 Å². The lowest BCUT2D eigenvalue weighted by molar-refractivity contribution is -0.127. The second kappa shape index (κ2) is 4.04. The minimum absolute atomic E-state index is 0.0104. The summed E-state index contributed by atoms with van der Waals surface area (Å²) in [5.74, 6) is -0.241. The zero-order chi connectivity index (χ0) is 8.97. The molecule has 0 bridgehead atoms. The van der Waals surface area contributed by atoms with E-state index in [1.54, 1.807) is 0 Å². The molecule has 1 amide bonds. The zero-order valence-corrected chi connectivity index (χ0v) is 7.17. The maximum atomic E-state index is 11.0. The molecule has 0 saturated carbocycles. The van der Waals surface area contributed by atoms with Gasteiger partial charge in [-0.05, 0) is 19.8 Å². The number of amides is 1. The molecule has 1 aliphatic carbocycles. The van der Waals surface area contributed by atoms with Crippen molar-refractivity contribution in [2.45, 2.75) is 32.2 Å². The summed E-state index contributed by atoms with van der Waals surface area (Å²) < 4.78 is 0. The van der Waals surface area contributed by atoms with E-state index in [4.69, 9.17) is 0 Å². The number of hydrogen-bond donors (Lipinski definition) is 1. The van der Waals surface area contributed by atoms with Gasteiger partial charge in [-0.25, -0.2) is 0 Å². The van der Waals surface area contributed by atoms with Crippen LogP contribution in [0.2, 0.25) is 0 Å². The van der Waals surface area contributed by atoms with E-state index < -0.39 is 0 Å². The fourth-order valence-electron chi connectivity index (χ4n) is 1.24. The predicted molar refractivity (Wildman–Crippen MR) is 45.6 cm³/mol. The van der Waals surface area contributed by atoms with Crippen molar-refractivity contribution in [3.8, 4) is 0 Å². The van der Waals surface area contributed by atoms with E-state index in [0.717, 1.165) is 12.8 Å². The molecule has 12 heavy (non-hydrogen) atoms. The van der Waals surface area contributed by atoms with E-state index >= 15 is 0 Å². The lowest BCUT2D eigenvalue weighted by atomic mass is 10.2. The Hall–Kier alpha value is -1.12. The summed E-state index contributed by atoms with van der Waals surface area (Å²) in [7, 11) is 0. The molecule has 0 spiro atoms. The van der Waals surface area contributed by atoms with Crippen LogP contribution in [0, 0.1) is 0 Å². The van der Waals surface area contributed by atoms with Crippen molar-refractivity contribution < 1.29 is 9.59 Å². The second-order valence-corrected chi connectivity index (χ2v) is 3.09. The zero-order valence-electron chi connectivity index (χ0n) is 7.17. The minimum atomic E-state index is -0.156. The van der Waals surface area contributed by atoms with Crippen molar-refractivity contribution in [1.29, 1.82) is 0 Å². The second-order valence-electron chi connectivity index (χ2n) is 3.09. The van der Waals surface area contributed by atoms with Crippen LogP contribution in [0.3, 0.4) is 0 Å². The quantitative estimate of drug-likeness (QED) is 0.499. The third-order valence-corrected chi connectivity index (χ3v) is 1.78. The number of rotatable bonds is 3. The Morgan fingerprint density at radius 3 is 2.50 bits per heavy atom. The third-order valence-electron chi connectivity index (χ3n) is 1.78. The summed E-state index contributed by atoms with van der Waals surface area (Å²) in [4.78, 5) is 21.6. The van der Waals surface area contributed by atoms with Crippen LogP contribution in [0.25, 0.3) is 0 Å². The van der Waals surface area contributed by atoms with Crippen molar-refractivity contribution in [2.24, 2.45) is 0 Å². The van der Waals surface area contributed by atoms with Gasteiger partial charge in [0.2, 0.25) is 5.91 Å². The van der Waals surface area contributed by atoms with Crippen molar-refractivity contribution in [1.82, 2.24) is 5.32 Å². The summed E-state index contributed by atoms with van der Waals surface area (Å²) in [6, 6.07) is 0.219. The molecule has 3 nitrogen and oxygen atoms in total. The first-order valence-electron chi connectivity index (χ1n) is 4.12. The molecule has 66 valence electrons. The van der Waals surface area contributed by atoms with Gasteiger partial charge in [0.1, 0.15) is 5.78 Å². The summed E-state index contributed by atoms with van der Waals surface area (Å²) >= 11 is 0. The highest BCUT2D eigenvalue weighted by Crippen LogP contribution is 2.08. The molecule has 0 saturated heterocycles. The first-order chi connectivity index (χ1) is 5.68. The maximum Gasteiger partial charge on any atom is 0.227 e. The number of carbonyl (C=O) groups excluding carboxylic acids is 2. The van der Waals surface area contributed by atoms with Gasteiger partial charge in [0, 0.05) is 6.04 Å². The number of carbonyl (C=O) groups is 2. The summed E-state index contributed by atoms with van der Waals surface area (Å²) in [6.45, 7) is 1.42. The van der Waals surface area contributed by atoms with Gasteiger partial charge in [-0.2, -0.15) is 0 Å². The number of hydrogen-bond acceptors (Lipinski definition) is 2. The third kappa shape index (κ3) is 2.86. The largest absolute Gasteiger partial charge is 0.352 e. The maximum absolute atomic E-state index is 11.0. The smallest absolute Gasteiger partial charge is 0.227 e. The van der Waals surface area contributed by atoms with Crippen LogP contribution in [0.15, 0.2) is 12.2 Å². The van der Waals surface area contributed by atoms with E-state index in [1.165, 1.54) is 6.92 Å². The molecule has 0 aromatic heterocycles. The molecule has 0 aliphatic heterocycles. The van der Waals surface area contributed by atoms with Crippen LogP contribution < -0.4 is 5.32 Å². The first-order valence-corrected chi connectivity index (χ1v) is 4.12. The van der Waals surface area contributed by atoms with Gasteiger partial charge < -0.3 is 5.32 Å². The van der Waals surface area contributed by atoms with Crippen LogP contribution in [-0.2, 0) is 9.59 Å². The molecule has 0 atom stereocenters. The number of Topliss-reactive ketones (excluding diaryl/α,β-unsaturated/α-hetero) is 1. The van der Waals surface area contributed by atoms with Crippen molar-refractivity contribution >= 4 is 11.7 Å². The minimum Gasteiger partial charge on any atom is -0.352 e. The fourth-order valence-corrected chi connectivity index (χ4v) is 1.24. The monoisotopic (exact) mass is 167 g/mol. The predicted octanol–water partition coefficient (Wildman–Crippen LogP) is 0.800. The van der Waals surface area contributed by atoms with Crippen LogP contribution in [0.1, 0.15) is 26.2 Å². The van der Waals surface area contributed by atoms with Crippen LogP contribution >= 0.6 is 0 Å². The van der Waals surface area contributed by atoms with Crippen molar-refractivity contribution in [3.63, 3.8) is 0 Å². The molecule has 0 radical (unpaired) electrons. The van der Waals surface area contributed by atoms with Crippen LogP contribution in [0.4, 0.5) is 0 Å². The van der Waals surface area contributed by atoms with Gasteiger partial charge in [-0.3, -0.25) is 9.59 Å². The number of nitrogens with one attached hydrogen (secondary N) is 1. The number of ketones is 1. The summed E-state index contributed by atoms with van der Waals surface area (Å²) in [6.07, 6.45) is 5.88. The van der Waals surface area contributed by atoms with E-state index in [1.807, 2.05) is 12.2 Å². The van der Waals surface area contributed by atoms with Crippen molar-refractivity contribution in [2.75, 3.05) is 0 Å². The molecule has 0 aromatic rings. The average molecular weight is 167 g/mol. The Labute approximate surface area is 71.8 Å². The van der Waals surface area contributed by atoms with Gasteiger partial charge in [-0.1, -0.05) is 12.2 Å². The Morgan fingerprint density at radius 1 is 1.42 bits per heavy atom. The Balaban J connectivity index is 2.22. The van der Waals surface area contributed by atoms with Gasteiger partial charge in [0.15, 0.2) is 0 Å². The molecular formula is C9H13NO2. The van der Waals surface area contributed by atoms with Crippen LogP contribution in [-0.4, -0.2) is 17.7 Å². The Bertz CT molecular complexity index is 213. The summed E-state index contributed by atoms with van der Waals surface area (Å²) in [5.41, 5.74) is 0. The average Bonchev–Trinajstić information content (AvgIpc) is 2.37. The molecule has 0 aromatic carbocycles. The highest BCUT2D eigenvalue weighted by atomic mass is 16.2. The topological polar surface area (TPSA) is 46.2 Å². The molecule has 1 rings (SSSR count). The Kier molecular flexibility index (Phi) is 3.02. The van der Waals surface area contributed by atoms with E-state index in [9.17, 15) is 9.59 Å². The molecule has 1 aliphatic rings. The molecule has 3 heteroatoms. The molecule has 0 fully saturated rings. The molecular weight excluding hydrogens is 154 g/mol. The van der Waals surface area contributed by atoms with E-state index in [-0.39, 0.29) is 24.2 Å². The van der Waals surface area contributed by atoms with E-state index in [0.29, 0.717) is 0 Å². The van der Waals surface area contributed by atoms with Gasteiger partial charge in [-0.15, -0.1) is 0 Å². The molecule has 0 unspecified atom stereocenters. The summed E-state index contributed by atoms with van der Waals surface area (Å²) in [5, 5.41) is 2.79. The highest BCUT2D eigenvalue weighted by Gasteiger charge is 2.13. The fraction of sp³-hybridized carbons (Fsp3) is 0.556. The lowest BCUT2D eigenvalue weighted by Gasteiger charge is -2.10. The van der Waals surface area contributed by atoms with Crippen LogP contribution in [0.5, 0.6) is 0 Å². The highest BCUT2D eigenvalue weighted by molar-refractivity contribution is 5.96. The lowest BCUT2D eigenvalue weighted by Crippen LogP contribution is -2.33. The van der Waals surface area contributed by atoms with Gasteiger partial charge >= 0.3 is 0 Å². The van der Waals surface area contributed by atoms with Crippen molar-refractivity contribution in [3.05, 3.63) is 12.2 Å². The molecule has 1 N–H and O–H groups in total. The standard InChI is InChI=1S/C9H13NO2/c1-7(11)6-9(12)10-8-4-2-3-5-8/h2-3,8H,4-6H2,1H3,(H,10,12). The first kappa shape index (κ1) is 8.97. The SMILES string of the molecule is CC(=O)CC(=O)NC1CC=CC1.